The summed E-state index contributed by atoms with van der Waals surface area (Å²) in [5, 5.41) is 9.06. The molecule has 4 amide bonds. The van der Waals surface area contributed by atoms with Gasteiger partial charge in [-0.1, -0.05) is 71.9 Å². The molecule has 0 aromatic heterocycles. The van der Waals surface area contributed by atoms with Crippen LogP contribution in [0.25, 0.3) is 4.85 Å². The van der Waals surface area contributed by atoms with Crippen LogP contribution in [0.2, 0.25) is 36.3 Å². The monoisotopic (exact) mass is 1010 g/mol. The maximum absolute atomic E-state index is 13.6. The van der Waals surface area contributed by atoms with Crippen molar-refractivity contribution in [2.75, 3.05) is 23.0 Å². The number of nitriles is 1. The molecule has 8 rings (SSSR count). The average Bonchev–Trinajstić information content (AvgIpc) is 4.03. The molecule has 6 aliphatic heterocycles. The number of benzene rings is 2. The quantitative estimate of drug-likeness (QED) is 0.0748. The molecule has 70 heavy (non-hydrogen) atoms. The van der Waals surface area contributed by atoms with Crippen LogP contribution < -0.4 is 9.80 Å². The summed E-state index contributed by atoms with van der Waals surface area (Å²) >= 11 is 0. The summed E-state index contributed by atoms with van der Waals surface area (Å²) in [6, 6.07) is 7.31. The standard InChI is InChI=1S/2C25H29F3N2O4Si/c1-22(2,3)35(6,7)33-13-12-24-11-10-23(4,34-24)18-19(24)21(32)30(20(18)31)15-8-9-17(29-5)16(14-15)25(26,27)28;1-22(2,3)35(5,6)33-12-11-24-10-9-23(4,34-24)18-19(24)21(32)30(20(18)31)16-8-7-15(14-29)17(13-16)25(26,27)28/h8-11,14,18-19H,12-13H2,1-4,6-7H3;7-10,13,18-19H,11-12H2,1-6H3/t2*18-,19+,23?,24?/m10/s1. The van der Waals surface area contributed by atoms with Crippen molar-refractivity contribution in [3.8, 4) is 6.07 Å². The van der Waals surface area contributed by atoms with Crippen LogP contribution in [0.15, 0.2) is 60.7 Å². The van der Waals surface area contributed by atoms with Gasteiger partial charge in [-0.2, -0.15) is 31.6 Å². The lowest BCUT2D eigenvalue weighted by molar-refractivity contribution is -0.138. The first kappa shape index (κ1) is 52.8. The normalized spacial score (nSPS) is 30.2. The number of fused-ring (bicyclic) bond motifs is 10. The number of alkyl halides is 6. The van der Waals surface area contributed by atoms with Crippen LogP contribution in [-0.4, -0.2) is 75.9 Å². The Morgan fingerprint density at radius 1 is 0.643 bits per heavy atom. The first-order chi connectivity index (χ1) is 31.9. The fourth-order valence-corrected chi connectivity index (χ4v) is 12.2. The van der Waals surface area contributed by atoms with Crippen LogP contribution in [-0.2, 0) is 49.9 Å². The number of carbonyl (C=O) groups is 4. The van der Waals surface area contributed by atoms with E-state index in [1.807, 2.05) is 0 Å². The minimum Gasteiger partial charge on any atom is -0.417 e. The lowest BCUT2D eigenvalue weighted by atomic mass is 9.71. The maximum Gasteiger partial charge on any atom is 0.417 e. The highest BCUT2D eigenvalue weighted by Gasteiger charge is 2.73. The summed E-state index contributed by atoms with van der Waals surface area (Å²) in [7, 11) is -4.13. The highest BCUT2D eigenvalue weighted by atomic mass is 28.4. The molecule has 2 aromatic rings. The molecule has 6 aliphatic rings. The van der Waals surface area contributed by atoms with Gasteiger partial charge in [0, 0.05) is 31.7 Å². The van der Waals surface area contributed by atoms with Gasteiger partial charge in [0.25, 0.3) is 0 Å². The number of nitrogens with zero attached hydrogens (tertiary/aromatic N) is 4. The molecule has 376 valence electrons. The van der Waals surface area contributed by atoms with Crippen LogP contribution in [0.1, 0.15) is 84.9 Å². The average molecular weight is 1010 g/mol. The van der Waals surface area contributed by atoms with Crippen molar-refractivity contribution in [1.29, 1.82) is 5.26 Å². The SMILES string of the molecule is CC12C=CC(CCO[Si](C)(C)C(C)(C)C)(O1)[C@H]1C(=O)N(c3ccc(C#N)c(C(F)(F)F)c3)C(=O)[C@H]12.[C-]#[N+]c1ccc(N2C(=O)[C@@H]3[C@H](C2=O)C2(C)C=CC3(CCO[Si](C)(C)C(C)(C)C)O2)cc1C(F)(F)F. The Morgan fingerprint density at radius 2 is 1.01 bits per heavy atom. The van der Waals surface area contributed by atoms with Crippen LogP contribution in [0, 0.1) is 41.6 Å². The number of hydrogen-bond donors (Lipinski definition) is 0. The van der Waals surface area contributed by atoms with E-state index in [1.165, 1.54) is 18.2 Å². The van der Waals surface area contributed by atoms with E-state index >= 15 is 0 Å². The van der Waals surface area contributed by atoms with Gasteiger partial charge in [-0.15, -0.1) is 0 Å². The first-order valence-electron chi connectivity index (χ1n) is 23.0. The number of rotatable bonds is 10. The predicted molar refractivity (Wildman–Crippen MR) is 251 cm³/mol. The van der Waals surface area contributed by atoms with Crippen molar-refractivity contribution in [2.24, 2.45) is 23.7 Å². The van der Waals surface area contributed by atoms with E-state index < -0.39 is 121 Å². The summed E-state index contributed by atoms with van der Waals surface area (Å²) in [5.74, 6) is -5.80. The zero-order valence-electron chi connectivity index (χ0n) is 41.2. The van der Waals surface area contributed by atoms with Gasteiger partial charge in [0.2, 0.25) is 23.6 Å². The molecule has 20 heteroatoms. The largest absolute Gasteiger partial charge is 0.417 e. The van der Waals surface area contributed by atoms with E-state index in [9.17, 15) is 45.5 Å². The van der Waals surface area contributed by atoms with Gasteiger partial charge >= 0.3 is 12.4 Å². The number of anilines is 2. The molecule has 0 aliphatic carbocycles. The molecule has 4 unspecified atom stereocenters. The van der Waals surface area contributed by atoms with Gasteiger partial charge in [0.15, 0.2) is 22.3 Å². The smallest absolute Gasteiger partial charge is 0.417 e. The second-order valence-corrected chi connectivity index (χ2v) is 32.1. The van der Waals surface area contributed by atoms with Crippen molar-refractivity contribution in [2.45, 2.75) is 139 Å². The third kappa shape index (κ3) is 8.49. The number of carbonyl (C=O) groups excluding carboxylic acids is 4. The van der Waals surface area contributed by atoms with E-state index in [2.05, 4.69) is 72.6 Å². The fraction of sp³-hybridized carbons (Fsp3) is 0.560. The topological polar surface area (TPSA) is 140 Å². The molecule has 2 aromatic carbocycles. The van der Waals surface area contributed by atoms with Crippen LogP contribution in [0.3, 0.4) is 0 Å². The minimum absolute atomic E-state index is 0.00655. The Labute approximate surface area is 406 Å². The molecule has 0 spiro atoms. The van der Waals surface area contributed by atoms with Crippen LogP contribution in [0.4, 0.5) is 43.4 Å². The van der Waals surface area contributed by atoms with Crippen LogP contribution in [0.5, 0.6) is 0 Å². The van der Waals surface area contributed by atoms with E-state index in [4.69, 9.17) is 30.2 Å². The van der Waals surface area contributed by atoms with Gasteiger partial charge in [-0.25, -0.2) is 14.6 Å². The minimum atomic E-state index is -4.80. The van der Waals surface area contributed by atoms with Crippen molar-refractivity contribution < 1.29 is 63.8 Å². The second-order valence-electron chi connectivity index (χ2n) is 22.5. The second kappa shape index (κ2) is 16.8. The van der Waals surface area contributed by atoms with Crippen LogP contribution >= 0.6 is 0 Å². The van der Waals surface area contributed by atoms with Crippen molar-refractivity contribution in [3.63, 3.8) is 0 Å². The number of imide groups is 2. The summed E-state index contributed by atoms with van der Waals surface area (Å²) < 4.78 is 106. The molecule has 4 saturated heterocycles. The highest BCUT2D eigenvalue weighted by molar-refractivity contribution is 6.74. The van der Waals surface area contributed by atoms with Gasteiger partial charge in [0.05, 0.1) is 69.9 Å². The number of ether oxygens (including phenoxy) is 2. The summed E-state index contributed by atoms with van der Waals surface area (Å²) in [4.78, 5) is 58.6. The molecule has 6 heterocycles. The van der Waals surface area contributed by atoms with E-state index in [0.29, 0.717) is 38.2 Å². The van der Waals surface area contributed by atoms with Gasteiger partial charge in [-0.05, 0) is 80.4 Å². The zero-order valence-corrected chi connectivity index (χ0v) is 43.2. The number of amides is 4. The molecule has 12 nitrogen and oxygen atoms in total. The lowest BCUT2D eigenvalue weighted by Gasteiger charge is -2.37. The Balaban J connectivity index is 0.000000206. The molecule has 0 saturated carbocycles. The Bertz CT molecular complexity index is 2510. The van der Waals surface area contributed by atoms with E-state index in [1.54, 1.807) is 38.2 Å². The molecular weight excluding hydrogens is 955 g/mol. The first-order valence-corrected chi connectivity index (χ1v) is 28.8. The Morgan fingerprint density at radius 3 is 1.37 bits per heavy atom. The van der Waals surface area contributed by atoms with E-state index in [0.717, 1.165) is 21.9 Å². The molecule has 8 atom stereocenters. The van der Waals surface area contributed by atoms with Gasteiger partial charge in [-0.3, -0.25) is 19.2 Å². The zero-order chi connectivity index (χ0) is 52.4. The summed E-state index contributed by atoms with van der Waals surface area (Å²) in [5.41, 5.74) is -8.11. The molecule has 4 bridgehead atoms. The van der Waals surface area contributed by atoms with E-state index in [-0.39, 0.29) is 21.5 Å². The van der Waals surface area contributed by atoms with Gasteiger partial charge in [0.1, 0.15) is 11.2 Å². The Kier molecular flexibility index (Phi) is 12.7. The van der Waals surface area contributed by atoms with Crippen molar-refractivity contribution >= 4 is 57.3 Å². The highest BCUT2D eigenvalue weighted by Crippen LogP contribution is 2.61. The molecule has 4 fully saturated rings. The Hall–Kier alpha value is -4.97. The number of halogens is 6. The van der Waals surface area contributed by atoms with Crippen molar-refractivity contribution in [1.82, 2.24) is 0 Å². The maximum atomic E-state index is 13.6. The molecule has 0 N–H and O–H groups in total. The third-order valence-corrected chi connectivity index (χ3v) is 25.1. The van der Waals surface area contributed by atoms with Gasteiger partial charge < -0.3 is 18.3 Å². The third-order valence-electron chi connectivity index (χ3n) is 16.0. The lowest BCUT2D eigenvalue weighted by Crippen LogP contribution is -2.45. The molecular formula is C50H58F6N4O8Si2. The van der Waals surface area contributed by atoms with Crippen molar-refractivity contribution in [3.05, 3.63) is 88.8 Å². The summed E-state index contributed by atoms with van der Waals surface area (Å²) in [6.07, 6.45) is -1.74. The predicted octanol–water partition coefficient (Wildman–Crippen LogP) is 11.1. The number of hydrogen-bond acceptors (Lipinski definition) is 9. The fourth-order valence-electron chi connectivity index (χ4n) is 10.2. The summed E-state index contributed by atoms with van der Waals surface area (Å²) in [6.45, 7) is 32.3. The molecule has 0 radical (unpaired) electrons.